The molecule has 0 saturated heterocycles. The second-order valence-corrected chi connectivity index (χ2v) is 31.6. The van der Waals surface area contributed by atoms with E-state index in [1.54, 1.807) is 10.4 Å². The molecule has 9 aromatic carbocycles. The fourth-order valence-electron chi connectivity index (χ4n) is 16.6. The van der Waals surface area contributed by atoms with E-state index in [9.17, 15) is 0 Å². The lowest BCUT2D eigenvalue weighted by Crippen LogP contribution is -2.76. The number of rotatable bonds is 10. The molecule has 424 valence electrons. The molecule has 0 bridgehead atoms. The molecule has 0 unspecified atom stereocenters. The first-order valence-electron chi connectivity index (χ1n) is 32.1. The van der Waals surface area contributed by atoms with Crippen molar-refractivity contribution in [3.8, 4) is 11.1 Å². The van der Waals surface area contributed by atoms with Crippen LogP contribution in [0.15, 0.2) is 210 Å². The number of hydrogen-bond acceptors (Lipinski definition) is 1. The van der Waals surface area contributed by atoms with E-state index in [1.807, 2.05) is 0 Å². The predicted molar refractivity (Wildman–Crippen MR) is 373 cm³/mol. The molecule has 0 fully saturated rings. The molecule has 0 atom stereocenters. The molecule has 0 amide bonds. The summed E-state index contributed by atoms with van der Waals surface area (Å²) in [5, 5.41) is 6.21. The number of hydrogen-bond donors (Lipinski definition) is 0. The third kappa shape index (κ3) is 8.30. The van der Waals surface area contributed by atoms with Crippen molar-refractivity contribution in [1.82, 2.24) is 0 Å². The van der Waals surface area contributed by atoms with Crippen molar-refractivity contribution in [2.24, 2.45) is 0 Å². The van der Waals surface area contributed by atoms with Crippen molar-refractivity contribution >= 4 is 81.7 Å². The summed E-state index contributed by atoms with van der Waals surface area (Å²) in [6.45, 7) is 38.5. The van der Waals surface area contributed by atoms with Crippen LogP contribution in [0.4, 0.5) is 17.1 Å². The fourth-order valence-corrected chi connectivity index (χ4v) is 22.6. The van der Waals surface area contributed by atoms with Crippen LogP contribution in [0.1, 0.15) is 202 Å². The highest BCUT2D eigenvalue weighted by molar-refractivity contribution is 7.14. The summed E-state index contributed by atoms with van der Waals surface area (Å²) in [5.41, 5.74) is 31.6. The van der Waals surface area contributed by atoms with Gasteiger partial charge in [0.25, 0.3) is 0 Å². The van der Waals surface area contributed by atoms with Crippen LogP contribution in [-0.2, 0) is 5.41 Å². The van der Waals surface area contributed by atoms with E-state index in [4.69, 9.17) is 0 Å². The summed E-state index contributed by atoms with van der Waals surface area (Å²) in [4.78, 5) is 2.56. The Morgan fingerprint density at radius 1 is 0.341 bits per heavy atom. The molecule has 9 aromatic rings. The second-order valence-electron chi connectivity index (χ2n) is 27.5. The maximum atomic E-state index is 2.62. The van der Waals surface area contributed by atoms with E-state index >= 15 is 0 Å². The molecule has 13 rings (SSSR count). The lowest BCUT2D eigenvalue weighted by Gasteiger charge is -2.53. The summed E-state index contributed by atoms with van der Waals surface area (Å²) >= 11 is 0. The highest BCUT2D eigenvalue weighted by atomic mass is 28.3. The predicted octanol–water partition coefficient (Wildman–Crippen LogP) is 16.2. The van der Waals surface area contributed by atoms with Gasteiger partial charge in [-0.3, -0.25) is 0 Å². The van der Waals surface area contributed by atoms with Gasteiger partial charge >= 0.3 is 0 Å². The summed E-state index contributed by atoms with van der Waals surface area (Å²) < 4.78 is 0. The molecule has 4 heteroatoms. The van der Waals surface area contributed by atoms with Crippen LogP contribution >= 0.6 is 0 Å². The van der Waals surface area contributed by atoms with E-state index in [-0.39, 0.29) is 13.4 Å². The van der Waals surface area contributed by atoms with Gasteiger partial charge in [0.2, 0.25) is 13.4 Å². The Morgan fingerprint density at radius 3 is 1.11 bits per heavy atom. The average molecular weight is 1120 g/mol. The number of allylic oxidation sites excluding steroid dienone is 4. The molecule has 2 spiro atoms. The fraction of sp³-hybridized carbons (Fsp3) is 0.284. The highest BCUT2D eigenvalue weighted by Crippen LogP contribution is 2.59. The van der Waals surface area contributed by atoms with Crippen molar-refractivity contribution in [2.45, 2.75) is 152 Å². The number of para-hydroxylation sites is 2. The van der Waals surface area contributed by atoms with Crippen LogP contribution in [0.2, 0.25) is 0 Å². The topological polar surface area (TPSA) is 3.24 Å². The van der Waals surface area contributed by atoms with Crippen LogP contribution in [0, 0.1) is 0 Å². The number of benzene rings is 9. The molecule has 4 aliphatic rings. The third-order valence-electron chi connectivity index (χ3n) is 21.1. The quantitative estimate of drug-likeness (QED) is 0.123. The molecule has 0 aromatic heterocycles. The van der Waals surface area contributed by atoms with Gasteiger partial charge in [0.05, 0.1) is 16.8 Å². The van der Waals surface area contributed by atoms with Crippen molar-refractivity contribution in [3.63, 3.8) is 0 Å². The molecule has 0 N–H and O–H groups in total. The minimum atomic E-state index is -2.54. The summed E-state index contributed by atoms with van der Waals surface area (Å²) in [6.07, 6.45) is 0. The molecule has 4 aliphatic heterocycles. The Labute approximate surface area is 511 Å². The maximum Gasteiger partial charge on any atom is 0.240 e. The van der Waals surface area contributed by atoms with E-state index in [2.05, 4.69) is 304 Å². The Hall–Kier alpha value is -7.39. The molecule has 4 heterocycles. The Balaban J connectivity index is 1.01. The minimum absolute atomic E-state index is 0.0560. The second kappa shape index (κ2) is 21.2. The summed E-state index contributed by atoms with van der Waals surface area (Å²) in [5.74, 6) is 2.30. The van der Waals surface area contributed by atoms with Crippen molar-refractivity contribution in [1.29, 1.82) is 0 Å². The van der Waals surface area contributed by atoms with E-state index in [0.29, 0.717) is 35.5 Å². The van der Waals surface area contributed by atoms with Crippen LogP contribution in [0.3, 0.4) is 0 Å². The summed E-state index contributed by atoms with van der Waals surface area (Å²) in [7, 11) is -2.54. The first kappa shape index (κ1) is 56.7. The van der Waals surface area contributed by atoms with E-state index in [1.165, 1.54) is 132 Å². The van der Waals surface area contributed by atoms with Gasteiger partial charge in [0.15, 0.2) is 8.07 Å². The SMILES string of the molecule is CC1=C(C)[Si]2(C(C)=C1C)c1ccccc1C1(c3ccccc3N(c3ccc(-c4ccc5c(c4)B(c4c(C(C)C)cc(C(C)C)cc4C(C)C)c4ccccc4B5c4c(C(C)C)cc(C(C)C)cc4C(C)C)cc3)c3ccccc31)c1ccccc12. The largest absolute Gasteiger partial charge is 0.310 e. The van der Waals surface area contributed by atoms with E-state index < -0.39 is 13.5 Å². The molecule has 0 radical (unpaired) electrons. The monoisotopic (exact) mass is 1120 g/mol. The number of anilines is 3. The van der Waals surface area contributed by atoms with Gasteiger partial charge in [-0.05, 0) is 165 Å². The van der Waals surface area contributed by atoms with Crippen molar-refractivity contribution in [3.05, 3.63) is 265 Å². The van der Waals surface area contributed by atoms with Crippen LogP contribution in [0.25, 0.3) is 11.1 Å². The average Bonchev–Trinajstić information content (AvgIpc) is 1.65. The number of fused-ring (bicyclic) bond motifs is 12. The maximum absolute atomic E-state index is 2.62. The standard InChI is InChI=1S/C81H85B2NSi/c1-48(2)60-43-63(50(5)6)79(64(44-60)51(7)8)82-71-31-21-22-32-72(71)83(80-65(52(9)10)45-61(49(3)4)46-66(80)53(11)12)74-47-59(39-42-73(74)82)58-37-40-62(41-38-58)84-75-33-23-17-27-67(75)81(68-28-18-24-34-76(68)84)69-29-19-25-35-77(69)85(78-36-26-20-30-70(78)81)56(15)54(13)55(14)57(85)16/h17-53H,1-16H3. The summed E-state index contributed by atoms with van der Waals surface area (Å²) in [6, 6.07) is 74.9. The number of nitrogens with zero attached hydrogens (tertiary/aromatic N) is 1. The van der Waals surface area contributed by atoms with Gasteiger partial charge in [-0.15, -0.1) is 0 Å². The Bertz CT molecular complexity index is 4040. The molecular formula is C81H85B2NSi. The normalized spacial score (nSPS) is 15.5. The zero-order valence-electron chi connectivity index (χ0n) is 53.5. The van der Waals surface area contributed by atoms with Crippen LogP contribution in [0.5, 0.6) is 0 Å². The lowest BCUT2D eigenvalue weighted by molar-refractivity contribution is 0.735. The highest BCUT2D eigenvalue weighted by Gasteiger charge is 2.59. The first-order chi connectivity index (χ1) is 40.8. The third-order valence-corrected chi connectivity index (χ3v) is 26.6. The van der Waals surface area contributed by atoms with Gasteiger partial charge in [-0.1, -0.05) is 301 Å². The molecule has 1 nitrogen and oxygen atoms in total. The lowest BCUT2D eigenvalue weighted by atomic mass is 9.20. The van der Waals surface area contributed by atoms with Crippen LogP contribution in [-0.4, -0.2) is 21.5 Å². The first-order valence-corrected chi connectivity index (χ1v) is 34.1. The molecular weight excluding hydrogens is 1040 g/mol. The van der Waals surface area contributed by atoms with E-state index in [0.717, 1.165) is 5.69 Å². The zero-order valence-corrected chi connectivity index (χ0v) is 54.5. The molecule has 0 aliphatic carbocycles. The molecule has 0 saturated carbocycles. The van der Waals surface area contributed by atoms with Crippen molar-refractivity contribution in [2.75, 3.05) is 4.90 Å². The smallest absolute Gasteiger partial charge is 0.240 e. The van der Waals surface area contributed by atoms with Crippen LogP contribution < -0.4 is 48.1 Å². The zero-order chi connectivity index (χ0) is 59.7. The minimum Gasteiger partial charge on any atom is -0.310 e. The van der Waals surface area contributed by atoms with Gasteiger partial charge < -0.3 is 4.90 Å². The van der Waals surface area contributed by atoms with Gasteiger partial charge in [0, 0.05) is 5.69 Å². The Morgan fingerprint density at radius 2 is 0.694 bits per heavy atom. The van der Waals surface area contributed by atoms with Gasteiger partial charge in [-0.2, -0.15) is 0 Å². The Kier molecular flexibility index (Phi) is 14.2. The van der Waals surface area contributed by atoms with Crippen molar-refractivity contribution < 1.29 is 0 Å². The molecule has 85 heavy (non-hydrogen) atoms. The van der Waals surface area contributed by atoms with Gasteiger partial charge in [-0.25, -0.2) is 0 Å². The van der Waals surface area contributed by atoms with Gasteiger partial charge in [0.1, 0.15) is 0 Å².